The number of aliphatic hydroxyl groups is 2. The highest BCUT2D eigenvalue weighted by Crippen LogP contribution is 2.35. The molecule has 0 bridgehead atoms. The molecule has 0 saturated carbocycles. The van der Waals surface area contributed by atoms with Crippen LogP contribution in [0.4, 0.5) is 24.5 Å². The molecular weight excluding hydrogens is 455 g/mol. The standard InChI is InChI=1S/C22H20F3N5O4/c23-10-2-1-3-11(24)17(10)18-12(25)6-13(26)19(30-18)22(33)29-14-8-28-5-4-9(14)16-7-15(31)20(32)21(27)34-16/h1-6,8,15-16,20-21,31-32H,7,26-27H2,(H,29,33)/t15-,16-,20+,21+/m1/s1. The zero-order chi connectivity index (χ0) is 24.6. The number of carbonyl (C=O) groups excluding carboxylic acids is 1. The number of nitrogens with two attached hydrogens (primary N) is 2. The number of amides is 1. The SMILES string of the molecule is Nc1cc(F)c(-c2c(F)cccc2F)nc1C(=O)Nc1cnccc1[C@H]1C[C@@H](O)[C@H](O)[C@@H](N)O1. The molecule has 4 atom stereocenters. The number of ether oxygens (including phenoxy) is 1. The Hall–Kier alpha value is -3.58. The van der Waals surface area contributed by atoms with Gasteiger partial charge in [0.2, 0.25) is 0 Å². The summed E-state index contributed by atoms with van der Waals surface area (Å²) in [7, 11) is 0. The molecular formula is C22H20F3N5O4. The number of nitrogens with zero attached hydrogens (tertiary/aromatic N) is 2. The first-order chi connectivity index (χ1) is 16.2. The molecule has 34 heavy (non-hydrogen) atoms. The van der Waals surface area contributed by atoms with Crippen molar-refractivity contribution in [1.82, 2.24) is 9.97 Å². The molecule has 0 aliphatic carbocycles. The van der Waals surface area contributed by atoms with Gasteiger partial charge in [-0.2, -0.15) is 0 Å². The average molecular weight is 475 g/mol. The lowest BCUT2D eigenvalue weighted by molar-refractivity contribution is -0.167. The maximum absolute atomic E-state index is 14.5. The van der Waals surface area contributed by atoms with Crippen molar-refractivity contribution in [3.8, 4) is 11.3 Å². The lowest BCUT2D eigenvalue weighted by Crippen LogP contribution is -2.50. The summed E-state index contributed by atoms with van der Waals surface area (Å²) in [6.07, 6.45) is -1.73. The summed E-state index contributed by atoms with van der Waals surface area (Å²) < 4.78 is 48.4. The smallest absolute Gasteiger partial charge is 0.276 e. The second-order valence-corrected chi connectivity index (χ2v) is 7.65. The molecule has 0 radical (unpaired) electrons. The molecule has 12 heteroatoms. The lowest BCUT2D eigenvalue weighted by Gasteiger charge is -2.35. The van der Waals surface area contributed by atoms with Crippen LogP contribution in [0.15, 0.2) is 42.7 Å². The molecule has 9 nitrogen and oxygen atoms in total. The van der Waals surface area contributed by atoms with Gasteiger partial charge in [0, 0.05) is 24.2 Å². The molecule has 0 unspecified atom stereocenters. The van der Waals surface area contributed by atoms with Gasteiger partial charge in [-0.05, 0) is 18.2 Å². The second-order valence-electron chi connectivity index (χ2n) is 7.65. The fraction of sp³-hybridized carbons (Fsp3) is 0.227. The third-order valence-corrected chi connectivity index (χ3v) is 5.38. The minimum atomic E-state index is -1.28. The molecule has 1 aliphatic rings. The van der Waals surface area contributed by atoms with Gasteiger partial charge in [-0.1, -0.05) is 6.07 Å². The van der Waals surface area contributed by atoms with Gasteiger partial charge in [0.1, 0.15) is 29.7 Å². The molecule has 1 amide bonds. The molecule has 2 aromatic heterocycles. The number of nitrogen functional groups attached to an aromatic ring is 1. The molecule has 0 spiro atoms. The van der Waals surface area contributed by atoms with Crippen LogP contribution in [-0.4, -0.2) is 44.5 Å². The van der Waals surface area contributed by atoms with Crippen molar-refractivity contribution in [3.63, 3.8) is 0 Å². The van der Waals surface area contributed by atoms with E-state index >= 15 is 0 Å². The van der Waals surface area contributed by atoms with Crippen LogP contribution in [0.25, 0.3) is 11.3 Å². The first-order valence-electron chi connectivity index (χ1n) is 10.1. The van der Waals surface area contributed by atoms with E-state index in [-0.39, 0.29) is 17.8 Å². The van der Waals surface area contributed by atoms with Crippen LogP contribution >= 0.6 is 0 Å². The Morgan fingerprint density at radius 3 is 2.53 bits per heavy atom. The fourth-order valence-corrected chi connectivity index (χ4v) is 3.66. The van der Waals surface area contributed by atoms with Crippen LogP contribution in [-0.2, 0) is 4.74 Å². The van der Waals surface area contributed by atoms with E-state index in [2.05, 4.69) is 15.3 Å². The molecule has 3 heterocycles. The number of carbonyl (C=O) groups is 1. The van der Waals surface area contributed by atoms with Crippen molar-refractivity contribution in [2.75, 3.05) is 11.1 Å². The van der Waals surface area contributed by atoms with Gasteiger partial charge in [-0.25, -0.2) is 18.2 Å². The quantitative estimate of drug-likeness (QED) is 0.383. The van der Waals surface area contributed by atoms with E-state index in [0.717, 1.165) is 24.3 Å². The Morgan fingerprint density at radius 1 is 1.15 bits per heavy atom. The molecule has 1 saturated heterocycles. The first kappa shape index (κ1) is 23.6. The molecule has 3 aromatic rings. The maximum atomic E-state index is 14.5. The molecule has 7 N–H and O–H groups in total. The number of aromatic nitrogens is 2. The van der Waals surface area contributed by atoms with E-state index in [1.165, 1.54) is 18.5 Å². The van der Waals surface area contributed by atoms with Gasteiger partial charge >= 0.3 is 0 Å². The van der Waals surface area contributed by atoms with Crippen molar-refractivity contribution in [3.05, 3.63) is 71.4 Å². The number of aliphatic hydroxyl groups excluding tert-OH is 2. The summed E-state index contributed by atoms with van der Waals surface area (Å²) in [5.41, 5.74) is 9.68. The normalized spacial score (nSPS) is 22.4. The molecule has 1 fully saturated rings. The van der Waals surface area contributed by atoms with Crippen LogP contribution in [0.1, 0.15) is 28.6 Å². The number of benzene rings is 1. The average Bonchev–Trinajstić information content (AvgIpc) is 2.78. The van der Waals surface area contributed by atoms with Gasteiger partial charge in [-0.3, -0.25) is 9.78 Å². The van der Waals surface area contributed by atoms with E-state index in [9.17, 15) is 28.2 Å². The van der Waals surface area contributed by atoms with Gasteiger partial charge < -0.3 is 31.7 Å². The van der Waals surface area contributed by atoms with E-state index in [1.54, 1.807) is 0 Å². The van der Waals surface area contributed by atoms with E-state index in [4.69, 9.17) is 16.2 Å². The topological polar surface area (TPSA) is 157 Å². The van der Waals surface area contributed by atoms with Crippen molar-refractivity contribution in [1.29, 1.82) is 0 Å². The first-order valence-corrected chi connectivity index (χ1v) is 10.1. The number of hydrogen-bond donors (Lipinski definition) is 5. The largest absolute Gasteiger partial charge is 0.397 e. The van der Waals surface area contributed by atoms with E-state index in [1.807, 2.05) is 0 Å². The third-order valence-electron chi connectivity index (χ3n) is 5.38. The zero-order valence-electron chi connectivity index (χ0n) is 17.5. The minimum absolute atomic E-state index is 0.0185. The van der Waals surface area contributed by atoms with Gasteiger partial charge in [0.05, 0.1) is 35.3 Å². The summed E-state index contributed by atoms with van der Waals surface area (Å²) in [5.74, 6) is -4.16. The van der Waals surface area contributed by atoms with Crippen LogP contribution in [0, 0.1) is 17.5 Å². The second kappa shape index (κ2) is 9.35. The maximum Gasteiger partial charge on any atom is 0.276 e. The number of halogens is 3. The predicted molar refractivity (Wildman–Crippen MR) is 115 cm³/mol. The fourth-order valence-electron chi connectivity index (χ4n) is 3.66. The van der Waals surface area contributed by atoms with Crippen LogP contribution in [0.3, 0.4) is 0 Å². The Kier molecular flexibility index (Phi) is 6.48. The van der Waals surface area contributed by atoms with Crippen LogP contribution < -0.4 is 16.8 Å². The van der Waals surface area contributed by atoms with Gasteiger partial charge in [0.25, 0.3) is 5.91 Å². The predicted octanol–water partition coefficient (Wildman–Crippen LogP) is 1.86. The number of pyridine rings is 2. The zero-order valence-corrected chi connectivity index (χ0v) is 17.5. The van der Waals surface area contributed by atoms with Gasteiger partial charge in [-0.15, -0.1) is 0 Å². The Balaban J connectivity index is 1.67. The summed E-state index contributed by atoms with van der Waals surface area (Å²) in [6, 6.07) is 5.22. The number of rotatable bonds is 4. The molecule has 1 aromatic carbocycles. The highest BCUT2D eigenvalue weighted by atomic mass is 19.1. The van der Waals surface area contributed by atoms with Crippen LogP contribution in [0.2, 0.25) is 0 Å². The van der Waals surface area contributed by atoms with E-state index in [0.29, 0.717) is 5.56 Å². The van der Waals surface area contributed by atoms with E-state index < -0.39 is 64.8 Å². The summed E-state index contributed by atoms with van der Waals surface area (Å²) >= 11 is 0. The van der Waals surface area contributed by atoms with Crippen molar-refractivity contribution < 1.29 is 32.9 Å². The van der Waals surface area contributed by atoms with Crippen LogP contribution in [0.5, 0.6) is 0 Å². The Morgan fingerprint density at radius 2 is 1.85 bits per heavy atom. The summed E-state index contributed by atoms with van der Waals surface area (Å²) in [4.78, 5) is 20.7. The number of hydrogen-bond acceptors (Lipinski definition) is 8. The highest BCUT2D eigenvalue weighted by molar-refractivity contribution is 6.06. The van der Waals surface area contributed by atoms with Gasteiger partial charge in [0.15, 0.2) is 11.5 Å². The van der Waals surface area contributed by atoms with Crippen molar-refractivity contribution in [2.24, 2.45) is 5.73 Å². The molecule has 178 valence electrons. The number of anilines is 2. The van der Waals surface area contributed by atoms with Crippen molar-refractivity contribution >= 4 is 17.3 Å². The van der Waals surface area contributed by atoms with Crippen molar-refractivity contribution in [2.45, 2.75) is 31.0 Å². The lowest BCUT2D eigenvalue weighted by atomic mass is 9.96. The molecule has 1 aliphatic heterocycles. The number of nitrogens with one attached hydrogen (secondary N) is 1. The summed E-state index contributed by atoms with van der Waals surface area (Å²) in [5, 5.41) is 22.4. The Bertz CT molecular complexity index is 1210. The monoisotopic (exact) mass is 475 g/mol. The highest BCUT2D eigenvalue weighted by Gasteiger charge is 2.36. The summed E-state index contributed by atoms with van der Waals surface area (Å²) in [6.45, 7) is 0. The molecule has 4 rings (SSSR count). The Labute approximate surface area is 191 Å². The minimum Gasteiger partial charge on any atom is -0.397 e. The third kappa shape index (κ3) is 4.43.